The molecule has 0 bridgehead atoms. The molecule has 5 heteroatoms. The molecule has 4 nitrogen and oxygen atoms in total. The van der Waals surface area contributed by atoms with Gasteiger partial charge in [0.05, 0.1) is 5.52 Å². The fraction of sp³-hybridized carbons (Fsp3) is 0.261. The molecule has 1 aliphatic rings. The zero-order chi connectivity index (χ0) is 19.1. The van der Waals surface area contributed by atoms with E-state index in [2.05, 4.69) is 16.0 Å². The molecule has 0 radical (unpaired) electrons. The first kappa shape index (κ1) is 17.2. The third-order valence-corrected chi connectivity index (χ3v) is 5.70. The number of nitrogens with zero attached hydrogens (tertiary/aromatic N) is 3. The van der Waals surface area contributed by atoms with E-state index in [-0.39, 0.29) is 11.6 Å². The van der Waals surface area contributed by atoms with Gasteiger partial charge < -0.3 is 9.67 Å². The van der Waals surface area contributed by atoms with Gasteiger partial charge in [0.25, 0.3) is 0 Å². The Kier molecular flexibility index (Phi) is 4.24. The number of pyridine rings is 1. The van der Waals surface area contributed by atoms with Gasteiger partial charge in [0.1, 0.15) is 17.1 Å². The number of benzene rings is 2. The third kappa shape index (κ3) is 2.92. The standard InChI is InChI=1S/C23H22FN3O/c24-20-7-3-5-16-8-12-27(22(16)20)15-17-13-18(14-26-10-1-2-11-26)23(28)21-19(17)6-4-9-25-21/h3-9,12-13,28H,1-2,10-11,14-15H2. The van der Waals surface area contributed by atoms with Crippen LogP contribution in [0.4, 0.5) is 4.39 Å². The maximum absolute atomic E-state index is 14.4. The second-order valence-electron chi connectivity index (χ2n) is 7.55. The lowest BCUT2D eigenvalue weighted by Gasteiger charge is -2.18. The van der Waals surface area contributed by atoms with Crippen molar-refractivity contribution in [3.05, 3.63) is 71.8 Å². The summed E-state index contributed by atoms with van der Waals surface area (Å²) in [6.45, 7) is 3.36. The highest BCUT2D eigenvalue weighted by Gasteiger charge is 2.18. The molecule has 0 unspecified atom stereocenters. The molecule has 142 valence electrons. The number of phenols is 1. The Balaban J connectivity index is 1.62. The average molecular weight is 375 g/mol. The molecule has 0 spiro atoms. The lowest BCUT2D eigenvalue weighted by atomic mass is 10.0. The highest BCUT2D eigenvalue weighted by Crippen LogP contribution is 2.33. The molecule has 1 aliphatic heterocycles. The predicted octanol–water partition coefficient (Wildman–Crippen LogP) is 4.68. The van der Waals surface area contributed by atoms with E-state index in [1.165, 1.54) is 18.9 Å². The molecule has 3 heterocycles. The van der Waals surface area contributed by atoms with Crippen LogP contribution in [-0.2, 0) is 13.1 Å². The number of hydrogen-bond acceptors (Lipinski definition) is 3. The zero-order valence-electron chi connectivity index (χ0n) is 15.6. The third-order valence-electron chi connectivity index (χ3n) is 5.70. The van der Waals surface area contributed by atoms with E-state index in [0.717, 1.165) is 35.0 Å². The molecule has 0 amide bonds. The van der Waals surface area contributed by atoms with E-state index in [1.807, 2.05) is 35.0 Å². The van der Waals surface area contributed by atoms with E-state index in [9.17, 15) is 9.50 Å². The van der Waals surface area contributed by atoms with Gasteiger partial charge in [-0.25, -0.2) is 4.39 Å². The Morgan fingerprint density at radius 1 is 1.00 bits per heavy atom. The normalized spacial score (nSPS) is 15.0. The number of para-hydroxylation sites is 1. The highest BCUT2D eigenvalue weighted by molar-refractivity contribution is 5.89. The molecule has 1 N–H and O–H groups in total. The van der Waals surface area contributed by atoms with Gasteiger partial charge in [-0.05, 0) is 55.8 Å². The largest absolute Gasteiger partial charge is 0.505 e. The van der Waals surface area contributed by atoms with Crippen molar-refractivity contribution in [1.82, 2.24) is 14.5 Å². The van der Waals surface area contributed by atoms with Crippen LogP contribution in [0, 0.1) is 5.82 Å². The van der Waals surface area contributed by atoms with Crippen molar-refractivity contribution in [2.45, 2.75) is 25.9 Å². The number of likely N-dealkylation sites (tertiary alicyclic amines) is 1. The van der Waals surface area contributed by atoms with Crippen LogP contribution in [0.25, 0.3) is 21.8 Å². The SMILES string of the molecule is Oc1c(CN2CCCC2)cc(Cn2ccc3cccc(F)c32)c2cccnc12. The quantitative estimate of drug-likeness (QED) is 0.563. The van der Waals surface area contributed by atoms with Crippen LogP contribution in [-0.4, -0.2) is 32.6 Å². The first-order valence-corrected chi connectivity index (χ1v) is 9.75. The van der Waals surface area contributed by atoms with Crippen LogP contribution in [0.1, 0.15) is 24.0 Å². The van der Waals surface area contributed by atoms with Crippen molar-refractivity contribution < 1.29 is 9.50 Å². The average Bonchev–Trinajstić information content (AvgIpc) is 3.36. The molecule has 0 saturated carbocycles. The van der Waals surface area contributed by atoms with Gasteiger partial charge in [0, 0.05) is 41.8 Å². The minimum atomic E-state index is -0.221. The molecule has 5 rings (SSSR count). The number of hydrogen-bond donors (Lipinski definition) is 1. The van der Waals surface area contributed by atoms with Gasteiger partial charge in [-0.1, -0.05) is 18.2 Å². The summed E-state index contributed by atoms with van der Waals surface area (Å²) >= 11 is 0. The Bertz CT molecular complexity index is 1160. The number of aromatic nitrogens is 2. The molecule has 1 saturated heterocycles. The fourth-order valence-electron chi connectivity index (χ4n) is 4.32. The van der Waals surface area contributed by atoms with Gasteiger partial charge >= 0.3 is 0 Å². The minimum absolute atomic E-state index is 0.221. The van der Waals surface area contributed by atoms with Gasteiger partial charge in [0.15, 0.2) is 0 Å². The first-order chi connectivity index (χ1) is 13.7. The summed E-state index contributed by atoms with van der Waals surface area (Å²) in [5, 5.41) is 12.6. The molecule has 2 aromatic carbocycles. The summed E-state index contributed by atoms with van der Waals surface area (Å²) in [4.78, 5) is 6.79. The van der Waals surface area contributed by atoms with Crippen molar-refractivity contribution in [2.24, 2.45) is 0 Å². The summed E-state index contributed by atoms with van der Waals surface area (Å²) in [6, 6.07) is 13.0. The van der Waals surface area contributed by atoms with Crippen LogP contribution >= 0.6 is 0 Å². The molecule has 0 atom stereocenters. The van der Waals surface area contributed by atoms with Gasteiger partial charge in [0.2, 0.25) is 0 Å². The van der Waals surface area contributed by atoms with Crippen LogP contribution in [0.15, 0.2) is 54.9 Å². The maximum atomic E-state index is 14.4. The Labute approximate surface area is 162 Å². The van der Waals surface area contributed by atoms with E-state index in [0.29, 0.717) is 24.1 Å². The Morgan fingerprint density at radius 3 is 2.71 bits per heavy atom. The maximum Gasteiger partial charge on any atom is 0.147 e. The highest BCUT2D eigenvalue weighted by atomic mass is 19.1. The van der Waals surface area contributed by atoms with Gasteiger partial charge in [-0.15, -0.1) is 0 Å². The van der Waals surface area contributed by atoms with Crippen LogP contribution in [0.2, 0.25) is 0 Å². The smallest absolute Gasteiger partial charge is 0.147 e. The topological polar surface area (TPSA) is 41.3 Å². The van der Waals surface area contributed by atoms with Crippen LogP contribution < -0.4 is 0 Å². The summed E-state index contributed by atoms with van der Waals surface area (Å²) in [5.74, 6) is 0.0378. The van der Waals surface area contributed by atoms with Crippen molar-refractivity contribution in [2.75, 3.05) is 13.1 Å². The first-order valence-electron chi connectivity index (χ1n) is 9.75. The number of phenolic OH excluding ortho intramolecular Hbond substituents is 1. The Morgan fingerprint density at radius 2 is 1.86 bits per heavy atom. The Hall–Kier alpha value is -2.92. The molecule has 0 aliphatic carbocycles. The summed E-state index contributed by atoms with van der Waals surface area (Å²) < 4.78 is 16.4. The summed E-state index contributed by atoms with van der Waals surface area (Å²) in [5.41, 5.74) is 3.15. The van der Waals surface area contributed by atoms with E-state index in [1.54, 1.807) is 12.3 Å². The van der Waals surface area contributed by atoms with E-state index in [4.69, 9.17) is 0 Å². The van der Waals surface area contributed by atoms with E-state index < -0.39 is 0 Å². The number of halogens is 1. The second-order valence-corrected chi connectivity index (χ2v) is 7.55. The fourth-order valence-corrected chi connectivity index (χ4v) is 4.32. The van der Waals surface area contributed by atoms with Crippen LogP contribution in [0.5, 0.6) is 5.75 Å². The lowest BCUT2D eigenvalue weighted by molar-refractivity contribution is 0.324. The minimum Gasteiger partial charge on any atom is -0.505 e. The van der Waals surface area contributed by atoms with E-state index >= 15 is 0 Å². The summed E-state index contributed by atoms with van der Waals surface area (Å²) in [7, 11) is 0. The van der Waals surface area contributed by atoms with Gasteiger partial charge in [-0.2, -0.15) is 0 Å². The van der Waals surface area contributed by atoms with Crippen LogP contribution in [0.3, 0.4) is 0 Å². The monoisotopic (exact) mass is 375 g/mol. The lowest BCUT2D eigenvalue weighted by Crippen LogP contribution is -2.18. The molecule has 28 heavy (non-hydrogen) atoms. The number of fused-ring (bicyclic) bond motifs is 2. The molecular weight excluding hydrogens is 353 g/mol. The molecule has 1 fully saturated rings. The molecular formula is C23H22FN3O. The van der Waals surface area contributed by atoms with Crippen molar-refractivity contribution in [3.63, 3.8) is 0 Å². The van der Waals surface area contributed by atoms with Crippen molar-refractivity contribution in [1.29, 1.82) is 0 Å². The number of rotatable bonds is 4. The number of aromatic hydroxyl groups is 1. The molecule has 4 aromatic rings. The molecule has 2 aromatic heterocycles. The van der Waals surface area contributed by atoms with Crippen molar-refractivity contribution >= 4 is 21.8 Å². The second kappa shape index (κ2) is 6.91. The van der Waals surface area contributed by atoms with Crippen molar-refractivity contribution in [3.8, 4) is 5.75 Å². The van der Waals surface area contributed by atoms with Gasteiger partial charge in [-0.3, -0.25) is 9.88 Å². The predicted molar refractivity (Wildman–Crippen MR) is 109 cm³/mol. The summed E-state index contributed by atoms with van der Waals surface area (Å²) in [6.07, 6.45) is 6.03. The zero-order valence-corrected chi connectivity index (χ0v) is 15.6.